The van der Waals surface area contributed by atoms with Crippen LogP contribution in [0.3, 0.4) is 0 Å². The fraction of sp³-hybridized carbons (Fsp3) is 0.857. The summed E-state index contributed by atoms with van der Waals surface area (Å²) in [6.45, 7) is 3.50. The number of ether oxygens (including phenoxy) is 1. The summed E-state index contributed by atoms with van der Waals surface area (Å²) in [5.41, 5.74) is 6.07. The van der Waals surface area contributed by atoms with E-state index in [1.807, 2.05) is 0 Å². The molecular formula is C14H25N3O2. The maximum Gasteiger partial charge on any atom is 0.229 e. The average molecular weight is 267 g/mol. The Balaban J connectivity index is 1.91. The molecule has 2 N–H and O–H groups in total. The van der Waals surface area contributed by atoms with Gasteiger partial charge in [0.15, 0.2) is 5.82 Å². The van der Waals surface area contributed by atoms with Crippen LogP contribution in [0.4, 0.5) is 0 Å². The van der Waals surface area contributed by atoms with Crippen molar-refractivity contribution in [3.63, 3.8) is 0 Å². The minimum absolute atomic E-state index is 0.386. The smallest absolute Gasteiger partial charge is 0.229 e. The van der Waals surface area contributed by atoms with E-state index in [4.69, 9.17) is 15.0 Å². The molecule has 0 aromatic carbocycles. The van der Waals surface area contributed by atoms with Crippen molar-refractivity contribution in [3.05, 3.63) is 11.7 Å². The zero-order chi connectivity index (χ0) is 13.6. The molecule has 0 atom stereocenters. The molecule has 19 heavy (non-hydrogen) atoms. The van der Waals surface area contributed by atoms with Crippen LogP contribution in [-0.2, 0) is 16.7 Å². The molecule has 1 aromatic rings. The maximum atomic E-state index is 6.45. The fourth-order valence-electron chi connectivity index (χ4n) is 2.55. The highest BCUT2D eigenvalue weighted by Gasteiger charge is 2.33. The first kappa shape index (κ1) is 14.5. The van der Waals surface area contributed by atoms with Gasteiger partial charge in [0.05, 0.1) is 18.6 Å². The lowest BCUT2D eigenvalue weighted by molar-refractivity contribution is 0.132. The molecule has 1 aliphatic rings. The van der Waals surface area contributed by atoms with Crippen LogP contribution in [-0.4, -0.2) is 23.4 Å². The van der Waals surface area contributed by atoms with Gasteiger partial charge in [0.1, 0.15) is 0 Å². The second-order valence-electron chi connectivity index (χ2n) is 5.44. The average Bonchev–Trinajstić information content (AvgIpc) is 2.78. The summed E-state index contributed by atoms with van der Waals surface area (Å²) in [5, 5.41) is 4.09. The highest BCUT2D eigenvalue weighted by atomic mass is 16.5. The summed E-state index contributed by atoms with van der Waals surface area (Å²) >= 11 is 0. The van der Waals surface area contributed by atoms with Crippen molar-refractivity contribution in [1.29, 1.82) is 0 Å². The zero-order valence-electron chi connectivity index (χ0n) is 11.9. The molecule has 5 nitrogen and oxygen atoms in total. The molecule has 108 valence electrons. The lowest BCUT2D eigenvalue weighted by Crippen LogP contribution is -2.37. The number of nitrogens with zero attached hydrogens (tertiary/aromatic N) is 2. The standard InChI is InChI=1S/C14H25N3O2/c1-2-10-18-11-7-12-16-13(17-19-12)14(15)8-5-3-4-6-9-14/h2-11,15H2,1H3. The molecule has 0 bridgehead atoms. The third-order valence-electron chi connectivity index (χ3n) is 3.72. The van der Waals surface area contributed by atoms with E-state index >= 15 is 0 Å². The first-order valence-corrected chi connectivity index (χ1v) is 7.44. The van der Waals surface area contributed by atoms with E-state index < -0.39 is 0 Å². The largest absolute Gasteiger partial charge is 0.381 e. The number of aromatic nitrogens is 2. The third kappa shape index (κ3) is 4.01. The van der Waals surface area contributed by atoms with Gasteiger partial charge in [-0.25, -0.2) is 0 Å². The molecule has 0 aliphatic heterocycles. The third-order valence-corrected chi connectivity index (χ3v) is 3.72. The van der Waals surface area contributed by atoms with E-state index in [1.54, 1.807) is 0 Å². The van der Waals surface area contributed by atoms with E-state index in [-0.39, 0.29) is 5.54 Å². The monoisotopic (exact) mass is 267 g/mol. The van der Waals surface area contributed by atoms with E-state index in [0.717, 1.165) is 38.7 Å². The van der Waals surface area contributed by atoms with Gasteiger partial charge in [-0.05, 0) is 19.3 Å². The molecule has 1 saturated carbocycles. The van der Waals surface area contributed by atoms with Gasteiger partial charge in [-0.1, -0.05) is 37.8 Å². The van der Waals surface area contributed by atoms with Crippen LogP contribution < -0.4 is 5.73 Å². The molecule has 0 unspecified atom stereocenters. The van der Waals surface area contributed by atoms with Crippen LogP contribution in [0.5, 0.6) is 0 Å². The van der Waals surface area contributed by atoms with Crippen LogP contribution in [0.2, 0.25) is 0 Å². The Morgan fingerprint density at radius 1 is 1.21 bits per heavy atom. The Bertz CT molecular complexity index is 371. The van der Waals surface area contributed by atoms with Crippen LogP contribution in [0.1, 0.15) is 63.6 Å². The topological polar surface area (TPSA) is 74.2 Å². The van der Waals surface area contributed by atoms with Crippen molar-refractivity contribution in [2.45, 2.75) is 63.8 Å². The second kappa shape index (κ2) is 7.01. The van der Waals surface area contributed by atoms with Crippen molar-refractivity contribution in [3.8, 4) is 0 Å². The first-order chi connectivity index (χ1) is 9.24. The van der Waals surface area contributed by atoms with Crippen molar-refractivity contribution < 1.29 is 9.26 Å². The predicted octanol–water partition coefficient (Wildman–Crippen LogP) is 2.55. The summed E-state index contributed by atoms with van der Waals surface area (Å²) in [6.07, 6.45) is 8.43. The van der Waals surface area contributed by atoms with Gasteiger partial charge >= 0.3 is 0 Å². The second-order valence-corrected chi connectivity index (χ2v) is 5.44. The van der Waals surface area contributed by atoms with Gasteiger partial charge < -0.3 is 15.0 Å². The van der Waals surface area contributed by atoms with Crippen molar-refractivity contribution in [1.82, 2.24) is 10.1 Å². The Kier molecular flexibility index (Phi) is 5.34. The number of nitrogens with two attached hydrogens (primary N) is 1. The molecule has 0 amide bonds. The molecule has 1 heterocycles. The molecule has 0 saturated heterocycles. The van der Waals surface area contributed by atoms with Crippen LogP contribution in [0.15, 0.2) is 4.52 Å². The molecule has 2 rings (SSSR count). The van der Waals surface area contributed by atoms with Crippen molar-refractivity contribution >= 4 is 0 Å². The lowest BCUT2D eigenvalue weighted by atomic mass is 9.91. The summed E-state index contributed by atoms with van der Waals surface area (Å²) in [7, 11) is 0. The molecule has 5 heteroatoms. The zero-order valence-corrected chi connectivity index (χ0v) is 11.9. The van der Waals surface area contributed by atoms with Gasteiger partial charge in [0, 0.05) is 6.61 Å². The number of rotatable bonds is 6. The van der Waals surface area contributed by atoms with Gasteiger partial charge in [0.25, 0.3) is 0 Å². The SMILES string of the molecule is CCCOCCc1nc(C2(N)CCCCCC2)no1. The van der Waals surface area contributed by atoms with Gasteiger partial charge in [0.2, 0.25) is 5.89 Å². The highest BCUT2D eigenvalue weighted by Crippen LogP contribution is 2.31. The molecule has 1 fully saturated rings. The van der Waals surface area contributed by atoms with Crippen molar-refractivity contribution in [2.75, 3.05) is 13.2 Å². The van der Waals surface area contributed by atoms with Crippen LogP contribution in [0.25, 0.3) is 0 Å². The van der Waals surface area contributed by atoms with Crippen LogP contribution in [0, 0.1) is 0 Å². The van der Waals surface area contributed by atoms with E-state index in [2.05, 4.69) is 17.1 Å². The van der Waals surface area contributed by atoms with Gasteiger partial charge in [-0.3, -0.25) is 0 Å². The fourth-order valence-corrected chi connectivity index (χ4v) is 2.55. The Hall–Kier alpha value is -0.940. The molecule has 0 spiro atoms. The van der Waals surface area contributed by atoms with E-state index in [0.29, 0.717) is 24.7 Å². The number of hydrogen-bond donors (Lipinski definition) is 1. The first-order valence-electron chi connectivity index (χ1n) is 7.44. The highest BCUT2D eigenvalue weighted by molar-refractivity contribution is 5.04. The molecular weight excluding hydrogens is 242 g/mol. The minimum atomic E-state index is -0.386. The lowest BCUT2D eigenvalue weighted by Gasteiger charge is -2.23. The summed E-state index contributed by atoms with van der Waals surface area (Å²) in [4.78, 5) is 4.46. The minimum Gasteiger partial charge on any atom is -0.381 e. The number of hydrogen-bond acceptors (Lipinski definition) is 5. The summed E-state index contributed by atoms with van der Waals surface area (Å²) in [6, 6.07) is 0. The van der Waals surface area contributed by atoms with Crippen LogP contribution >= 0.6 is 0 Å². The molecule has 1 aliphatic carbocycles. The predicted molar refractivity (Wildman–Crippen MR) is 72.7 cm³/mol. The van der Waals surface area contributed by atoms with E-state index in [1.165, 1.54) is 12.8 Å². The summed E-state index contributed by atoms with van der Waals surface area (Å²) < 4.78 is 10.7. The normalized spacial score (nSPS) is 19.3. The molecule has 1 aromatic heterocycles. The van der Waals surface area contributed by atoms with Gasteiger partial charge in [-0.2, -0.15) is 4.98 Å². The van der Waals surface area contributed by atoms with E-state index in [9.17, 15) is 0 Å². The maximum absolute atomic E-state index is 6.45. The van der Waals surface area contributed by atoms with Gasteiger partial charge in [-0.15, -0.1) is 0 Å². The summed E-state index contributed by atoms with van der Waals surface area (Å²) in [5.74, 6) is 1.32. The molecule has 0 radical (unpaired) electrons. The Labute approximate surface area is 114 Å². The Morgan fingerprint density at radius 3 is 2.63 bits per heavy atom. The Morgan fingerprint density at radius 2 is 1.95 bits per heavy atom. The quantitative estimate of drug-likeness (QED) is 0.633. The van der Waals surface area contributed by atoms with Crippen molar-refractivity contribution in [2.24, 2.45) is 5.73 Å².